The summed E-state index contributed by atoms with van der Waals surface area (Å²) in [5.41, 5.74) is 0.0925. The number of nitrogens with zero attached hydrogens (tertiary/aromatic N) is 1. The molecule has 1 saturated heterocycles. The van der Waals surface area contributed by atoms with Gasteiger partial charge in [-0.1, -0.05) is 35.0 Å². The molecule has 27 heavy (non-hydrogen) atoms. The van der Waals surface area contributed by atoms with Crippen molar-refractivity contribution in [3.63, 3.8) is 0 Å². The molecule has 0 radical (unpaired) electrons. The van der Waals surface area contributed by atoms with Crippen molar-refractivity contribution >= 4 is 31.9 Å². The molecule has 0 amide bonds. The molecule has 2 aromatic carbocycles. The Morgan fingerprint density at radius 3 is 2.41 bits per heavy atom. The minimum atomic E-state index is -0.834. The summed E-state index contributed by atoms with van der Waals surface area (Å²) < 4.78 is 7.83. The van der Waals surface area contributed by atoms with E-state index < -0.39 is 5.60 Å². The lowest BCUT2D eigenvalue weighted by atomic mass is 9.91. The average Bonchev–Trinajstić information content (AvgIpc) is 2.64. The molecule has 0 aliphatic carbocycles. The van der Waals surface area contributed by atoms with Crippen molar-refractivity contribution in [1.82, 2.24) is 4.90 Å². The standard InChI is InChI=1S/C22H27Br2NO2/c1-16-9-12-25(13-10-16)14-11-22(2,26)17-3-6-19(7-4-17)27-21-8-5-18(23)15-20(21)24/h3-8,15-16,26H,9-14H2,1-2H3. The second-order valence-corrected chi connectivity index (χ2v) is 9.52. The Morgan fingerprint density at radius 1 is 1.11 bits per heavy atom. The van der Waals surface area contributed by atoms with Crippen LogP contribution in [0.25, 0.3) is 0 Å². The van der Waals surface area contributed by atoms with Crippen molar-refractivity contribution in [2.45, 2.75) is 38.7 Å². The molecule has 1 heterocycles. The van der Waals surface area contributed by atoms with Gasteiger partial charge >= 0.3 is 0 Å². The van der Waals surface area contributed by atoms with Gasteiger partial charge in [-0.05, 0) is 97.0 Å². The third-order valence-electron chi connectivity index (χ3n) is 5.39. The van der Waals surface area contributed by atoms with Crippen LogP contribution in [0.15, 0.2) is 51.4 Å². The van der Waals surface area contributed by atoms with E-state index in [0.29, 0.717) is 0 Å². The fraction of sp³-hybridized carbons (Fsp3) is 0.455. The van der Waals surface area contributed by atoms with Crippen LogP contribution in [-0.4, -0.2) is 29.6 Å². The highest BCUT2D eigenvalue weighted by atomic mass is 79.9. The Hall–Kier alpha value is -0.880. The number of hydrogen-bond donors (Lipinski definition) is 1. The second kappa shape index (κ2) is 9.08. The highest BCUT2D eigenvalue weighted by Crippen LogP contribution is 2.33. The van der Waals surface area contributed by atoms with Gasteiger partial charge in [0.15, 0.2) is 0 Å². The molecular weight excluding hydrogens is 470 g/mol. The summed E-state index contributed by atoms with van der Waals surface area (Å²) in [6.07, 6.45) is 3.26. The van der Waals surface area contributed by atoms with E-state index >= 15 is 0 Å². The summed E-state index contributed by atoms with van der Waals surface area (Å²) in [5.74, 6) is 2.35. The Labute approximate surface area is 179 Å². The van der Waals surface area contributed by atoms with Crippen LogP contribution >= 0.6 is 31.9 Å². The fourth-order valence-electron chi connectivity index (χ4n) is 3.37. The molecule has 1 fully saturated rings. The number of halogens is 2. The molecular formula is C22H27Br2NO2. The van der Waals surface area contributed by atoms with Crippen LogP contribution in [0.1, 0.15) is 38.7 Å². The zero-order chi connectivity index (χ0) is 19.4. The minimum Gasteiger partial charge on any atom is -0.456 e. The van der Waals surface area contributed by atoms with Gasteiger partial charge < -0.3 is 14.7 Å². The van der Waals surface area contributed by atoms with E-state index in [9.17, 15) is 5.11 Å². The molecule has 1 aliphatic rings. The van der Waals surface area contributed by atoms with Gasteiger partial charge in [-0.3, -0.25) is 0 Å². The molecule has 146 valence electrons. The zero-order valence-electron chi connectivity index (χ0n) is 15.9. The Kier molecular flexibility index (Phi) is 7.01. The summed E-state index contributed by atoms with van der Waals surface area (Å²) in [6.45, 7) is 7.45. The maximum absolute atomic E-state index is 10.9. The van der Waals surface area contributed by atoms with E-state index in [1.165, 1.54) is 12.8 Å². The molecule has 2 aromatic rings. The molecule has 1 atom stereocenters. The molecule has 3 nitrogen and oxygen atoms in total. The van der Waals surface area contributed by atoms with E-state index in [4.69, 9.17) is 4.74 Å². The molecule has 1 unspecified atom stereocenters. The second-order valence-electron chi connectivity index (χ2n) is 7.75. The quantitative estimate of drug-likeness (QED) is 0.506. The first-order valence-corrected chi connectivity index (χ1v) is 11.1. The molecule has 3 rings (SSSR count). The Bertz CT molecular complexity index is 753. The Morgan fingerprint density at radius 2 is 1.78 bits per heavy atom. The van der Waals surface area contributed by atoms with E-state index in [1.807, 2.05) is 49.4 Å². The number of piperidine rings is 1. The van der Waals surface area contributed by atoms with E-state index in [2.05, 4.69) is 43.7 Å². The number of ether oxygens (including phenoxy) is 1. The summed E-state index contributed by atoms with van der Waals surface area (Å²) in [7, 11) is 0. The monoisotopic (exact) mass is 495 g/mol. The first-order valence-electron chi connectivity index (χ1n) is 9.52. The topological polar surface area (TPSA) is 32.7 Å². The normalized spacial score (nSPS) is 18.3. The number of likely N-dealkylation sites (tertiary alicyclic amines) is 1. The highest BCUT2D eigenvalue weighted by Gasteiger charge is 2.25. The molecule has 0 aromatic heterocycles. The molecule has 0 spiro atoms. The zero-order valence-corrected chi connectivity index (χ0v) is 19.1. The predicted molar refractivity (Wildman–Crippen MR) is 117 cm³/mol. The van der Waals surface area contributed by atoms with Crippen LogP contribution in [0.2, 0.25) is 0 Å². The van der Waals surface area contributed by atoms with Gasteiger partial charge in [-0.15, -0.1) is 0 Å². The number of rotatable bonds is 6. The summed E-state index contributed by atoms with van der Waals surface area (Å²) in [4.78, 5) is 2.47. The van der Waals surface area contributed by atoms with E-state index in [-0.39, 0.29) is 0 Å². The van der Waals surface area contributed by atoms with Crippen molar-refractivity contribution in [1.29, 1.82) is 0 Å². The van der Waals surface area contributed by atoms with Gasteiger partial charge in [0.2, 0.25) is 0 Å². The maximum atomic E-state index is 10.9. The number of hydrogen-bond acceptors (Lipinski definition) is 3. The third kappa shape index (κ3) is 5.80. The molecule has 1 aliphatic heterocycles. The van der Waals surface area contributed by atoms with Crippen molar-refractivity contribution in [2.75, 3.05) is 19.6 Å². The van der Waals surface area contributed by atoms with Crippen molar-refractivity contribution in [2.24, 2.45) is 5.92 Å². The summed E-state index contributed by atoms with van der Waals surface area (Å²) in [5, 5.41) is 10.9. The lowest BCUT2D eigenvalue weighted by Gasteiger charge is -2.33. The van der Waals surface area contributed by atoms with Crippen LogP contribution in [-0.2, 0) is 5.60 Å². The van der Waals surface area contributed by atoms with Crippen molar-refractivity contribution in [3.05, 3.63) is 57.0 Å². The lowest BCUT2D eigenvalue weighted by molar-refractivity contribution is 0.0319. The van der Waals surface area contributed by atoms with Crippen molar-refractivity contribution < 1.29 is 9.84 Å². The van der Waals surface area contributed by atoms with Crippen molar-refractivity contribution in [3.8, 4) is 11.5 Å². The molecule has 0 saturated carbocycles. The van der Waals surface area contributed by atoms with Gasteiger partial charge in [0, 0.05) is 11.0 Å². The van der Waals surface area contributed by atoms with Gasteiger partial charge in [-0.25, -0.2) is 0 Å². The maximum Gasteiger partial charge on any atom is 0.141 e. The van der Waals surface area contributed by atoms with Gasteiger partial charge in [0.05, 0.1) is 10.1 Å². The molecule has 0 bridgehead atoms. The first kappa shape index (κ1) is 20.8. The lowest BCUT2D eigenvalue weighted by Crippen LogP contribution is -2.36. The number of benzene rings is 2. The van der Waals surface area contributed by atoms with Crippen LogP contribution in [0.4, 0.5) is 0 Å². The predicted octanol–water partition coefficient (Wildman–Crippen LogP) is 6.33. The minimum absolute atomic E-state index is 0.736. The smallest absolute Gasteiger partial charge is 0.141 e. The fourth-order valence-corrected chi connectivity index (χ4v) is 4.50. The molecule has 1 N–H and O–H groups in total. The van der Waals surface area contributed by atoms with Crippen LogP contribution in [0, 0.1) is 5.92 Å². The van der Waals surface area contributed by atoms with Gasteiger partial charge in [0.1, 0.15) is 11.5 Å². The highest BCUT2D eigenvalue weighted by molar-refractivity contribution is 9.11. The van der Waals surface area contributed by atoms with E-state index in [0.717, 1.165) is 58.0 Å². The summed E-state index contributed by atoms with van der Waals surface area (Å²) >= 11 is 6.96. The first-order chi connectivity index (χ1) is 12.8. The van der Waals surface area contributed by atoms with Gasteiger partial charge in [-0.2, -0.15) is 0 Å². The van der Waals surface area contributed by atoms with Gasteiger partial charge in [0.25, 0.3) is 0 Å². The number of aliphatic hydroxyl groups is 1. The Balaban J connectivity index is 1.59. The summed E-state index contributed by atoms with van der Waals surface area (Å²) in [6, 6.07) is 13.6. The largest absolute Gasteiger partial charge is 0.456 e. The van der Waals surface area contributed by atoms with Crippen LogP contribution in [0.3, 0.4) is 0 Å². The molecule has 5 heteroatoms. The van der Waals surface area contributed by atoms with E-state index in [1.54, 1.807) is 0 Å². The average molecular weight is 497 g/mol. The SMILES string of the molecule is CC1CCN(CCC(C)(O)c2ccc(Oc3ccc(Br)cc3Br)cc2)CC1. The van der Waals surface area contributed by atoms with Crippen LogP contribution in [0.5, 0.6) is 11.5 Å². The third-order valence-corrected chi connectivity index (χ3v) is 6.50. The van der Waals surface area contributed by atoms with Crippen LogP contribution < -0.4 is 4.74 Å².